The van der Waals surface area contributed by atoms with Gasteiger partial charge in [-0.2, -0.15) is 0 Å². The average Bonchev–Trinajstić information content (AvgIpc) is 2.63. The summed E-state index contributed by atoms with van der Waals surface area (Å²) >= 11 is 5.88. The van der Waals surface area contributed by atoms with Crippen LogP contribution in [0, 0.1) is 24.0 Å². The van der Waals surface area contributed by atoms with Gasteiger partial charge in [-0.25, -0.2) is 0 Å². The lowest BCUT2D eigenvalue weighted by atomic mass is 10.2. The van der Waals surface area contributed by atoms with E-state index in [2.05, 4.69) is 29.8 Å². The summed E-state index contributed by atoms with van der Waals surface area (Å²) < 4.78 is 2.12. The Labute approximate surface area is 122 Å². The quantitative estimate of drug-likeness (QED) is 0.688. The molecule has 1 aromatic heterocycles. The minimum atomic E-state index is -0.489. The molecule has 0 amide bonds. The van der Waals surface area contributed by atoms with E-state index in [4.69, 9.17) is 11.6 Å². The van der Waals surface area contributed by atoms with Crippen molar-refractivity contribution in [2.24, 2.45) is 7.05 Å². The monoisotopic (exact) mass is 293 g/mol. The number of rotatable bonds is 4. The maximum absolute atomic E-state index is 10.7. The van der Waals surface area contributed by atoms with Crippen molar-refractivity contribution in [3.05, 3.63) is 56.4 Å². The van der Waals surface area contributed by atoms with Gasteiger partial charge in [-0.3, -0.25) is 10.1 Å². The second kappa shape index (κ2) is 5.54. The summed E-state index contributed by atoms with van der Waals surface area (Å²) in [4.78, 5) is 10.2. The Balaban J connectivity index is 2.13. The van der Waals surface area contributed by atoms with Gasteiger partial charge in [-0.1, -0.05) is 11.6 Å². The topological polar surface area (TPSA) is 60.1 Å². The lowest BCUT2D eigenvalue weighted by molar-refractivity contribution is -0.384. The molecule has 0 unspecified atom stereocenters. The van der Waals surface area contributed by atoms with E-state index in [0.717, 1.165) is 5.69 Å². The van der Waals surface area contributed by atoms with E-state index in [1.165, 1.54) is 23.0 Å². The lowest BCUT2D eigenvalue weighted by Gasteiger charge is -2.07. The molecule has 106 valence electrons. The Bertz CT molecular complexity index is 665. The number of nitro benzene ring substituents is 1. The van der Waals surface area contributed by atoms with Gasteiger partial charge in [0.05, 0.1) is 4.92 Å². The molecule has 0 spiro atoms. The minimum absolute atomic E-state index is 0.0797. The highest BCUT2D eigenvalue weighted by Crippen LogP contribution is 2.27. The molecule has 0 aliphatic rings. The van der Waals surface area contributed by atoms with Crippen molar-refractivity contribution in [3.8, 4) is 0 Å². The van der Waals surface area contributed by atoms with Gasteiger partial charge in [0.1, 0.15) is 5.02 Å². The van der Waals surface area contributed by atoms with Crippen LogP contribution in [0.5, 0.6) is 0 Å². The van der Waals surface area contributed by atoms with E-state index in [1.54, 1.807) is 12.1 Å². The third kappa shape index (κ3) is 2.77. The average molecular weight is 294 g/mol. The zero-order valence-corrected chi connectivity index (χ0v) is 12.4. The van der Waals surface area contributed by atoms with Gasteiger partial charge in [0.15, 0.2) is 0 Å². The molecular formula is C14H16ClN3O2. The Morgan fingerprint density at radius 1 is 1.35 bits per heavy atom. The van der Waals surface area contributed by atoms with E-state index < -0.39 is 4.92 Å². The summed E-state index contributed by atoms with van der Waals surface area (Å²) in [6.07, 6.45) is 0. The van der Waals surface area contributed by atoms with Crippen molar-refractivity contribution in [2.75, 3.05) is 5.32 Å². The number of nitrogens with zero attached hydrogens (tertiary/aromatic N) is 2. The Morgan fingerprint density at radius 2 is 2.05 bits per heavy atom. The molecule has 0 atom stereocenters. The van der Waals surface area contributed by atoms with Gasteiger partial charge in [0.2, 0.25) is 0 Å². The molecule has 2 aromatic rings. The zero-order chi connectivity index (χ0) is 14.9. The number of nitro groups is 1. The Morgan fingerprint density at radius 3 is 2.55 bits per heavy atom. The molecule has 0 saturated carbocycles. The van der Waals surface area contributed by atoms with Gasteiger partial charge in [0.25, 0.3) is 5.69 Å². The van der Waals surface area contributed by atoms with E-state index in [9.17, 15) is 10.1 Å². The second-order valence-electron chi connectivity index (χ2n) is 4.73. The van der Waals surface area contributed by atoms with Gasteiger partial charge in [0, 0.05) is 36.7 Å². The molecule has 0 saturated heterocycles. The normalized spacial score (nSPS) is 10.6. The molecule has 20 heavy (non-hydrogen) atoms. The van der Waals surface area contributed by atoms with Crippen molar-refractivity contribution >= 4 is 23.0 Å². The van der Waals surface area contributed by atoms with Crippen LogP contribution in [-0.2, 0) is 13.6 Å². The van der Waals surface area contributed by atoms with Crippen molar-refractivity contribution in [3.63, 3.8) is 0 Å². The molecule has 1 aromatic carbocycles. The molecule has 6 heteroatoms. The number of hydrogen-bond acceptors (Lipinski definition) is 3. The highest BCUT2D eigenvalue weighted by atomic mass is 35.5. The van der Waals surface area contributed by atoms with Crippen molar-refractivity contribution in [1.29, 1.82) is 0 Å². The lowest BCUT2D eigenvalue weighted by Crippen LogP contribution is -2.01. The van der Waals surface area contributed by atoms with E-state index in [1.807, 2.05) is 7.05 Å². The molecular weight excluding hydrogens is 278 g/mol. The molecule has 0 radical (unpaired) electrons. The fraction of sp³-hybridized carbons (Fsp3) is 0.286. The summed E-state index contributed by atoms with van der Waals surface area (Å²) in [6, 6.07) is 6.77. The molecule has 0 bridgehead atoms. The number of hydrogen-bond donors (Lipinski definition) is 1. The second-order valence-corrected chi connectivity index (χ2v) is 5.14. The summed E-state index contributed by atoms with van der Waals surface area (Å²) in [5.74, 6) is 0. The summed E-state index contributed by atoms with van der Waals surface area (Å²) in [7, 11) is 2.02. The van der Waals surface area contributed by atoms with Crippen molar-refractivity contribution in [2.45, 2.75) is 20.4 Å². The number of aromatic nitrogens is 1. The van der Waals surface area contributed by atoms with E-state index in [0.29, 0.717) is 6.54 Å². The molecule has 5 nitrogen and oxygen atoms in total. The maximum atomic E-state index is 10.7. The van der Waals surface area contributed by atoms with Gasteiger partial charge in [-0.15, -0.1) is 0 Å². The van der Waals surface area contributed by atoms with Crippen LogP contribution >= 0.6 is 11.6 Å². The molecule has 0 fully saturated rings. The first-order valence-electron chi connectivity index (χ1n) is 6.19. The molecule has 1 N–H and O–H groups in total. The first kappa shape index (κ1) is 14.4. The highest BCUT2D eigenvalue weighted by Gasteiger charge is 2.12. The summed E-state index contributed by atoms with van der Waals surface area (Å²) in [6.45, 7) is 4.77. The number of nitrogens with one attached hydrogen (secondary N) is 1. The number of anilines is 1. The summed E-state index contributed by atoms with van der Waals surface area (Å²) in [5.41, 5.74) is 4.27. The van der Waals surface area contributed by atoms with Crippen LogP contribution in [0.4, 0.5) is 11.4 Å². The first-order chi connectivity index (χ1) is 9.40. The standard InChI is InChI=1S/C14H16ClN3O2/c1-9-6-11(10(2)17(9)3)8-16-12-4-5-14(18(19)20)13(15)7-12/h4-7,16H,8H2,1-3H3. The van der Waals surface area contributed by atoms with Crippen LogP contribution < -0.4 is 5.32 Å². The van der Waals surface area contributed by atoms with Crippen molar-refractivity contribution < 1.29 is 4.92 Å². The van der Waals surface area contributed by atoms with E-state index in [-0.39, 0.29) is 10.7 Å². The van der Waals surface area contributed by atoms with Crippen molar-refractivity contribution in [1.82, 2.24) is 4.57 Å². The number of halogens is 1. The predicted octanol–water partition coefficient (Wildman–Crippen LogP) is 3.82. The maximum Gasteiger partial charge on any atom is 0.288 e. The molecule has 2 rings (SSSR count). The van der Waals surface area contributed by atoms with Gasteiger partial charge >= 0.3 is 0 Å². The zero-order valence-electron chi connectivity index (χ0n) is 11.6. The highest BCUT2D eigenvalue weighted by molar-refractivity contribution is 6.32. The summed E-state index contributed by atoms with van der Waals surface area (Å²) in [5, 5.41) is 14.1. The fourth-order valence-electron chi connectivity index (χ4n) is 2.07. The van der Waals surface area contributed by atoms with Crippen LogP contribution in [0.1, 0.15) is 17.0 Å². The van der Waals surface area contributed by atoms with Crippen LogP contribution in [0.3, 0.4) is 0 Å². The molecule has 1 heterocycles. The van der Waals surface area contributed by atoms with Crippen LogP contribution in [0.25, 0.3) is 0 Å². The fourth-order valence-corrected chi connectivity index (χ4v) is 2.32. The minimum Gasteiger partial charge on any atom is -0.381 e. The van der Waals surface area contributed by atoms with E-state index >= 15 is 0 Å². The van der Waals surface area contributed by atoms with Crippen LogP contribution in [0.2, 0.25) is 5.02 Å². The largest absolute Gasteiger partial charge is 0.381 e. The number of benzene rings is 1. The SMILES string of the molecule is Cc1cc(CNc2ccc([N+](=O)[O-])c(Cl)c2)c(C)n1C. The number of aryl methyl sites for hydroxylation is 1. The Kier molecular flexibility index (Phi) is 3.99. The first-order valence-corrected chi connectivity index (χ1v) is 6.57. The van der Waals surface area contributed by atoms with Crippen LogP contribution in [-0.4, -0.2) is 9.49 Å². The Hall–Kier alpha value is -2.01. The van der Waals surface area contributed by atoms with Gasteiger partial charge in [-0.05, 0) is 37.6 Å². The molecule has 0 aliphatic heterocycles. The third-order valence-electron chi connectivity index (χ3n) is 3.51. The predicted molar refractivity (Wildman–Crippen MR) is 80.3 cm³/mol. The molecule has 0 aliphatic carbocycles. The smallest absolute Gasteiger partial charge is 0.288 e. The van der Waals surface area contributed by atoms with Gasteiger partial charge < -0.3 is 9.88 Å². The van der Waals surface area contributed by atoms with Crippen LogP contribution in [0.15, 0.2) is 24.3 Å². The third-order valence-corrected chi connectivity index (χ3v) is 3.81.